The maximum Gasteiger partial charge on any atom is 0.303 e. The zero-order valence-electron chi connectivity index (χ0n) is 38.9. The Kier molecular flexibility index (Phi) is 18.5. The van der Waals surface area contributed by atoms with Crippen molar-refractivity contribution in [1.82, 2.24) is 5.32 Å². The van der Waals surface area contributed by atoms with Crippen LogP contribution in [0.4, 0.5) is 0 Å². The molecular formula is C50H64N4O11Si. The van der Waals surface area contributed by atoms with Gasteiger partial charge in [0.2, 0.25) is 5.91 Å². The van der Waals surface area contributed by atoms with Crippen molar-refractivity contribution in [3.8, 4) is 0 Å². The number of ether oxygens (including phenoxy) is 8. The molecule has 0 bridgehead atoms. The monoisotopic (exact) mass is 924 g/mol. The number of nitrogens with one attached hydrogen (secondary N) is 1. The van der Waals surface area contributed by atoms with E-state index < -0.39 is 75.6 Å². The van der Waals surface area contributed by atoms with Crippen LogP contribution in [0.15, 0.2) is 126 Å². The number of hydrogen-bond acceptors (Lipinski definition) is 12. The van der Waals surface area contributed by atoms with Gasteiger partial charge in [0.1, 0.15) is 42.6 Å². The van der Waals surface area contributed by atoms with Crippen LogP contribution in [0.2, 0.25) is 18.1 Å². The third kappa shape index (κ3) is 14.3. The molecule has 10 atom stereocenters. The van der Waals surface area contributed by atoms with Crippen molar-refractivity contribution in [3.05, 3.63) is 154 Å². The van der Waals surface area contributed by atoms with Gasteiger partial charge in [0.25, 0.3) is 0 Å². The summed E-state index contributed by atoms with van der Waals surface area (Å²) >= 11 is 0. The number of amides is 1. The molecule has 1 amide bonds. The van der Waals surface area contributed by atoms with E-state index in [9.17, 15) is 15.1 Å². The minimum atomic E-state index is -2.58. The fraction of sp³-hybridized carbons (Fsp3) is 0.480. The van der Waals surface area contributed by atoms with E-state index in [1.54, 1.807) is 0 Å². The maximum absolute atomic E-state index is 13.2. The largest absolute Gasteiger partial charge is 0.457 e. The summed E-state index contributed by atoms with van der Waals surface area (Å²) in [5, 5.41) is 7.08. The number of azide groups is 1. The summed E-state index contributed by atoms with van der Waals surface area (Å²) in [6, 6.07) is 36.3. The Morgan fingerprint density at radius 2 is 1.09 bits per heavy atom. The molecule has 66 heavy (non-hydrogen) atoms. The third-order valence-electron chi connectivity index (χ3n) is 12.0. The highest BCUT2D eigenvalue weighted by Crippen LogP contribution is 2.41. The second kappa shape index (κ2) is 24.2. The smallest absolute Gasteiger partial charge is 0.303 e. The van der Waals surface area contributed by atoms with Crippen LogP contribution in [-0.2, 0) is 78.3 Å². The van der Waals surface area contributed by atoms with E-state index in [0.717, 1.165) is 22.3 Å². The molecule has 2 heterocycles. The lowest BCUT2D eigenvalue weighted by molar-refractivity contribution is -0.333. The highest BCUT2D eigenvalue weighted by Gasteiger charge is 2.55. The molecule has 6 rings (SSSR count). The molecule has 0 aliphatic carbocycles. The SMILES string of the molecule is CC(=O)N[C@H]1[C@H](O[Si](C)(C)C(C)(C)C)O[C@H](COCc2ccccc2)[C@@H](O[C@@H]2O[C@H](COCc3ccccc3)[C@@H](OC(C)=O)[C@H](OCc3ccccc3)[C@H]2N=[N+]=[N-])[C@@H]1OCc1ccccc1. The number of carbonyl (C=O) groups is 2. The van der Waals surface area contributed by atoms with Gasteiger partial charge in [-0.3, -0.25) is 9.59 Å². The Hall–Kier alpha value is -4.97. The molecule has 0 spiro atoms. The molecule has 4 aromatic carbocycles. The summed E-state index contributed by atoms with van der Waals surface area (Å²) < 4.78 is 59.9. The Bertz CT molecular complexity index is 2150. The van der Waals surface area contributed by atoms with Gasteiger partial charge in [-0.1, -0.05) is 147 Å². The highest BCUT2D eigenvalue weighted by molar-refractivity contribution is 6.74. The molecule has 4 aromatic rings. The third-order valence-corrected chi connectivity index (χ3v) is 16.4. The highest BCUT2D eigenvalue weighted by atomic mass is 28.4. The first kappa shape index (κ1) is 50.4. The van der Waals surface area contributed by atoms with Gasteiger partial charge < -0.3 is 47.6 Å². The Morgan fingerprint density at radius 1 is 0.652 bits per heavy atom. The number of benzene rings is 4. The van der Waals surface area contributed by atoms with Crippen LogP contribution in [0, 0.1) is 0 Å². The van der Waals surface area contributed by atoms with E-state index in [1.807, 2.05) is 121 Å². The number of hydrogen-bond donors (Lipinski definition) is 1. The lowest BCUT2D eigenvalue weighted by Crippen LogP contribution is -2.69. The zero-order chi connectivity index (χ0) is 47.1. The molecule has 354 valence electrons. The molecule has 1 N–H and O–H groups in total. The zero-order valence-corrected chi connectivity index (χ0v) is 39.9. The van der Waals surface area contributed by atoms with Crippen molar-refractivity contribution in [2.24, 2.45) is 5.11 Å². The Morgan fingerprint density at radius 3 is 1.53 bits per heavy atom. The van der Waals surface area contributed by atoms with E-state index in [2.05, 4.69) is 49.2 Å². The van der Waals surface area contributed by atoms with E-state index >= 15 is 0 Å². The van der Waals surface area contributed by atoms with Gasteiger partial charge in [0.15, 0.2) is 27.0 Å². The summed E-state index contributed by atoms with van der Waals surface area (Å²) in [7, 11) is -2.58. The van der Waals surface area contributed by atoms with Crippen LogP contribution in [0.5, 0.6) is 0 Å². The molecule has 0 aromatic heterocycles. The average molecular weight is 925 g/mol. The molecule has 15 nitrogen and oxygen atoms in total. The van der Waals surface area contributed by atoms with E-state index in [0.29, 0.717) is 0 Å². The van der Waals surface area contributed by atoms with Gasteiger partial charge in [0, 0.05) is 18.8 Å². The first-order valence-corrected chi connectivity index (χ1v) is 25.3. The number of carbonyl (C=O) groups excluding carboxylic acids is 2. The molecule has 0 unspecified atom stereocenters. The molecule has 16 heteroatoms. The van der Waals surface area contributed by atoms with E-state index in [1.165, 1.54) is 13.8 Å². The molecule has 0 radical (unpaired) electrons. The Balaban J connectivity index is 1.43. The molecular weight excluding hydrogens is 861 g/mol. The lowest BCUT2D eigenvalue weighted by atomic mass is 9.94. The van der Waals surface area contributed by atoms with E-state index in [4.69, 9.17) is 42.3 Å². The van der Waals surface area contributed by atoms with Gasteiger partial charge in [-0.2, -0.15) is 0 Å². The predicted molar refractivity (Wildman–Crippen MR) is 249 cm³/mol. The lowest BCUT2D eigenvalue weighted by Gasteiger charge is -2.51. The van der Waals surface area contributed by atoms with Crippen molar-refractivity contribution < 1.29 is 51.9 Å². The molecule has 2 saturated heterocycles. The topological polar surface area (TPSA) is 178 Å². The quantitative estimate of drug-likeness (QED) is 0.0278. The predicted octanol–water partition coefficient (Wildman–Crippen LogP) is 8.56. The van der Waals surface area contributed by atoms with Crippen LogP contribution >= 0.6 is 0 Å². The summed E-state index contributed by atoms with van der Waals surface area (Å²) in [4.78, 5) is 29.3. The number of esters is 1. The maximum atomic E-state index is 13.2. The minimum Gasteiger partial charge on any atom is -0.457 e. The molecule has 2 aliphatic heterocycles. The second-order valence-electron chi connectivity index (χ2n) is 18.1. The second-order valence-corrected chi connectivity index (χ2v) is 22.8. The van der Waals surface area contributed by atoms with Crippen molar-refractivity contribution in [1.29, 1.82) is 0 Å². The summed E-state index contributed by atoms with van der Waals surface area (Å²) in [6.45, 7) is 14.0. The van der Waals surface area contributed by atoms with Crippen LogP contribution in [0.3, 0.4) is 0 Å². The van der Waals surface area contributed by atoms with Gasteiger partial charge in [-0.05, 0) is 45.9 Å². The fourth-order valence-corrected chi connectivity index (χ4v) is 8.76. The van der Waals surface area contributed by atoms with Gasteiger partial charge in [0.05, 0.1) is 39.6 Å². The van der Waals surface area contributed by atoms with Gasteiger partial charge in [-0.25, -0.2) is 0 Å². The van der Waals surface area contributed by atoms with Gasteiger partial charge in [-0.15, -0.1) is 0 Å². The van der Waals surface area contributed by atoms with E-state index in [-0.39, 0.29) is 50.6 Å². The standard InChI is InChI=1S/C50H64N4O11Si/c1-34(55)52-42-46(59-30-38-24-16-10-17-25-38)45(41(33-58-29-37-22-14-9-15-23-37)63-49(42)65-66(6,7)50(3,4)5)64-48-43(53-54-51)47(60-31-39-26-18-11-19-27-39)44(61-35(2)56)40(62-48)32-57-28-36-20-12-8-13-21-36/h8-27,40-49H,28-33H2,1-7H3,(H,52,55)/t40-,41-,42-,43-,44-,45-,46-,47-,48+,49+/m1/s1. The summed E-state index contributed by atoms with van der Waals surface area (Å²) in [6.07, 6.45) is -8.42. The van der Waals surface area contributed by atoms with Crippen LogP contribution in [-0.4, -0.2) is 94.7 Å². The van der Waals surface area contributed by atoms with Crippen molar-refractivity contribution in [2.75, 3.05) is 13.2 Å². The van der Waals surface area contributed by atoms with Crippen molar-refractivity contribution in [3.63, 3.8) is 0 Å². The number of nitrogens with zero attached hydrogens (tertiary/aromatic N) is 3. The molecule has 2 fully saturated rings. The average Bonchev–Trinajstić information content (AvgIpc) is 3.29. The normalized spacial score (nSPS) is 25.6. The molecule has 2 aliphatic rings. The summed E-state index contributed by atoms with van der Waals surface area (Å²) in [5.41, 5.74) is 13.7. The van der Waals surface area contributed by atoms with Crippen LogP contribution < -0.4 is 5.32 Å². The Labute approximate surface area is 389 Å². The minimum absolute atomic E-state index is 0.00143. The number of rotatable bonds is 21. The summed E-state index contributed by atoms with van der Waals surface area (Å²) in [5.74, 6) is -0.936. The first-order chi connectivity index (χ1) is 31.7. The van der Waals surface area contributed by atoms with Crippen LogP contribution in [0.1, 0.15) is 56.9 Å². The van der Waals surface area contributed by atoms with Gasteiger partial charge >= 0.3 is 5.97 Å². The fourth-order valence-electron chi connectivity index (χ4n) is 7.62. The van der Waals surface area contributed by atoms with Crippen molar-refractivity contribution in [2.45, 2.75) is 140 Å². The van der Waals surface area contributed by atoms with Crippen molar-refractivity contribution >= 4 is 20.2 Å². The molecule has 0 saturated carbocycles. The van der Waals surface area contributed by atoms with Crippen LogP contribution in [0.25, 0.3) is 10.4 Å². The first-order valence-electron chi connectivity index (χ1n) is 22.4.